The van der Waals surface area contributed by atoms with E-state index in [9.17, 15) is 4.79 Å². The van der Waals surface area contributed by atoms with Gasteiger partial charge in [-0.25, -0.2) is 4.79 Å². The molecule has 0 bridgehead atoms. The van der Waals surface area contributed by atoms with Crippen molar-refractivity contribution >= 4 is 73.7 Å². The molecule has 0 unspecified atom stereocenters. The number of benzene rings is 1. The number of hydrogen-bond acceptors (Lipinski definition) is 4. The van der Waals surface area contributed by atoms with Gasteiger partial charge in [0.2, 0.25) is 0 Å². The first-order chi connectivity index (χ1) is 7.93. The van der Waals surface area contributed by atoms with Gasteiger partial charge in [-0.15, -0.1) is 0 Å². The van der Waals surface area contributed by atoms with E-state index in [0.717, 1.165) is 15.8 Å². The number of likely N-dealkylation sites (N-methyl/N-ethyl adjacent to an activating group) is 1. The molecule has 4 nitrogen and oxygen atoms in total. The second kappa shape index (κ2) is 7.40. The monoisotopic (exact) mass is 573 g/mol. The maximum absolute atomic E-state index is 11.9. The standard InChI is InChI=1S/C10H10I3NO3/c1-14(16)4-5-17-10(15)8-6(11)2-3-7(12)9(8)13/h2-3,16H,4-5H2,1H3. The van der Waals surface area contributed by atoms with Crippen LogP contribution >= 0.6 is 67.8 Å². The van der Waals surface area contributed by atoms with Gasteiger partial charge in [-0.3, -0.25) is 0 Å². The molecule has 0 saturated heterocycles. The summed E-state index contributed by atoms with van der Waals surface area (Å²) in [7, 11) is 1.51. The highest BCUT2D eigenvalue weighted by Crippen LogP contribution is 2.24. The molecule has 0 radical (unpaired) electrons. The smallest absolute Gasteiger partial charge is 0.340 e. The number of hydrogen-bond donors (Lipinski definition) is 1. The zero-order chi connectivity index (χ0) is 13.0. The third kappa shape index (κ3) is 4.76. The summed E-state index contributed by atoms with van der Waals surface area (Å²) in [5, 5.41) is 9.91. The molecule has 1 N–H and O–H groups in total. The Hall–Kier alpha value is 0.800. The van der Waals surface area contributed by atoms with Crippen LogP contribution in [0.2, 0.25) is 0 Å². The van der Waals surface area contributed by atoms with Crippen LogP contribution < -0.4 is 0 Å². The summed E-state index contributed by atoms with van der Waals surface area (Å²) in [6.07, 6.45) is 0. The van der Waals surface area contributed by atoms with Crippen LogP contribution in [0.3, 0.4) is 0 Å². The lowest BCUT2D eigenvalue weighted by atomic mass is 10.2. The van der Waals surface area contributed by atoms with Gasteiger partial charge in [-0.05, 0) is 79.9 Å². The van der Waals surface area contributed by atoms with E-state index in [1.54, 1.807) is 0 Å². The van der Waals surface area contributed by atoms with Crippen molar-refractivity contribution in [1.29, 1.82) is 0 Å². The number of nitrogens with zero attached hydrogens (tertiary/aromatic N) is 1. The van der Waals surface area contributed by atoms with Gasteiger partial charge in [0, 0.05) is 17.8 Å². The van der Waals surface area contributed by atoms with Crippen molar-refractivity contribution in [1.82, 2.24) is 5.06 Å². The molecule has 0 fully saturated rings. The van der Waals surface area contributed by atoms with E-state index in [4.69, 9.17) is 9.94 Å². The normalized spacial score (nSPS) is 10.7. The summed E-state index contributed by atoms with van der Waals surface area (Å²) in [6.45, 7) is 0.465. The number of carbonyl (C=O) groups is 1. The van der Waals surface area contributed by atoms with Gasteiger partial charge in [0.25, 0.3) is 0 Å². The van der Waals surface area contributed by atoms with Gasteiger partial charge >= 0.3 is 5.97 Å². The molecule has 0 aliphatic rings. The molecule has 0 atom stereocenters. The molecule has 0 aliphatic heterocycles. The first kappa shape index (κ1) is 15.9. The molecule has 0 heterocycles. The van der Waals surface area contributed by atoms with E-state index >= 15 is 0 Å². The van der Waals surface area contributed by atoms with E-state index in [1.165, 1.54) is 7.05 Å². The number of halogens is 3. The van der Waals surface area contributed by atoms with Crippen molar-refractivity contribution < 1.29 is 14.7 Å². The average Bonchev–Trinajstić information content (AvgIpc) is 2.23. The molecular formula is C10H10I3NO3. The molecule has 1 aromatic rings. The number of ether oxygens (including phenoxy) is 1. The molecule has 0 aliphatic carbocycles. The molecule has 0 saturated carbocycles. The van der Waals surface area contributed by atoms with Crippen LogP contribution in [0.5, 0.6) is 0 Å². The Kier molecular flexibility index (Phi) is 6.91. The van der Waals surface area contributed by atoms with E-state index in [-0.39, 0.29) is 12.6 Å². The predicted molar refractivity (Wildman–Crippen MR) is 89.3 cm³/mol. The number of carbonyl (C=O) groups excluding carboxylic acids is 1. The predicted octanol–water partition coefficient (Wildman–Crippen LogP) is 2.98. The molecule has 94 valence electrons. The topological polar surface area (TPSA) is 49.8 Å². The van der Waals surface area contributed by atoms with E-state index in [1.807, 2.05) is 12.1 Å². The third-order valence-corrected chi connectivity index (χ3v) is 5.85. The molecule has 0 aromatic heterocycles. The Morgan fingerprint density at radius 1 is 1.35 bits per heavy atom. The first-order valence-electron chi connectivity index (χ1n) is 4.64. The summed E-state index contributed by atoms with van der Waals surface area (Å²) in [5.41, 5.74) is 0.596. The quantitative estimate of drug-likeness (QED) is 0.261. The van der Waals surface area contributed by atoms with Crippen LogP contribution in [0.1, 0.15) is 10.4 Å². The minimum Gasteiger partial charge on any atom is -0.461 e. The van der Waals surface area contributed by atoms with Gasteiger partial charge in [-0.1, -0.05) is 0 Å². The highest BCUT2D eigenvalue weighted by molar-refractivity contribution is 14.1. The lowest BCUT2D eigenvalue weighted by Gasteiger charge is -2.11. The van der Waals surface area contributed by atoms with Crippen LogP contribution in [0, 0.1) is 10.7 Å². The Labute approximate surface area is 140 Å². The van der Waals surface area contributed by atoms with Crippen LogP contribution in [-0.2, 0) is 4.74 Å². The number of esters is 1. The Morgan fingerprint density at radius 3 is 2.53 bits per heavy atom. The summed E-state index contributed by atoms with van der Waals surface area (Å²) in [4.78, 5) is 11.9. The fourth-order valence-corrected chi connectivity index (χ4v) is 3.38. The molecule has 17 heavy (non-hydrogen) atoms. The highest BCUT2D eigenvalue weighted by Gasteiger charge is 2.17. The van der Waals surface area contributed by atoms with Crippen LogP contribution in [0.15, 0.2) is 12.1 Å². The van der Waals surface area contributed by atoms with Crippen molar-refractivity contribution in [2.75, 3.05) is 20.2 Å². The van der Waals surface area contributed by atoms with Gasteiger partial charge < -0.3 is 9.94 Å². The van der Waals surface area contributed by atoms with Crippen molar-refractivity contribution in [3.05, 3.63) is 28.4 Å². The van der Waals surface area contributed by atoms with Crippen LogP contribution in [0.4, 0.5) is 0 Å². The summed E-state index contributed by atoms with van der Waals surface area (Å²) < 4.78 is 7.90. The molecule has 1 aromatic carbocycles. The fraction of sp³-hybridized carbons (Fsp3) is 0.300. The number of hydroxylamine groups is 2. The van der Waals surface area contributed by atoms with Gasteiger partial charge in [0.05, 0.1) is 12.1 Å². The Bertz CT molecular complexity index is 424. The first-order valence-corrected chi connectivity index (χ1v) is 7.87. The van der Waals surface area contributed by atoms with Crippen molar-refractivity contribution in [2.24, 2.45) is 0 Å². The van der Waals surface area contributed by atoms with Crippen molar-refractivity contribution in [2.45, 2.75) is 0 Å². The largest absolute Gasteiger partial charge is 0.461 e. The molecule has 7 heteroatoms. The zero-order valence-electron chi connectivity index (χ0n) is 8.91. The van der Waals surface area contributed by atoms with Crippen LogP contribution in [0.25, 0.3) is 0 Å². The Morgan fingerprint density at radius 2 is 1.94 bits per heavy atom. The summed E-state index contributed by atoms with van der Waals surface area (Å²) in [5.74, 6) is -0.348. The molecule has 1 rings (SSSR count). The second-order valence-electron chi connectivity index (χ2n) is 3.24. The van der Waals surface area contributed by atoms with Crippen molar-refractivity contribution in [3.63, 3.8) is 0 Å². The summed E-state index contributed by atoms with van der Waals surface area (Å²) in [6, 6.07) is 3.85. The lowest BCUT2D eigenvalue weighted by Crippen LogP contribution is -2.21. The lowest BCUT2D eigenvalue weighted by molar-refractivity contribution is -0.0753. The van der Waals surface area contributed by atoms with E-state index in [2.05, 4.69) is 67.8 Å². The average molecular weight is 573 g/mol. The van der Waals surface area contributed by atoms with Gasteiger partial charge in [-0.2, -0.15) is 5.06 Å². The number of rotatable bonds is 4. The van der Waals surface area contributed by atoms with E-state index < -0.39 is 0 Å². The molecule has 0 spiro atoms. The molecular weight excluding hydrogens is 563 g/mol. The molecule has 0 amide bonds. The van der Waals surface area contributed by atoms with Crippen LogP contribution in [-0.4, -0.2) is 36.4 Å². The third-order valence-electron chi connectivity index (χ3n) is 1.90. The fourth-order valence-electron chi connectivity index (χ4n) is 1.06. The second-order valence-corrected chi connectivity index (χ2v) is 6.64. The summed E-state index contributed by atoms with van der Waals surface area (Å²) >= 11 is 6.43. The Balaban J connectivity index is 2.79. The maximum Gasteiger partial charge on any atom is 0.340 e. The SMILES string of the molecule is CN(O)CCOC(=O)c1c(I)ccc(I)c1I. The highest BCUT2D eigenvalue weighted by atomic mass is 127. The maximum atomic E-state index is 11.9. The minimum absolute atomic E-state index is 0.170. The van der Waals surface area contributed by atoms with Gasteiger partial charge in [0.1, 0.15) is 6.61 Å². The van der Waals surface area contributed by atoms with E-state index in [0.29, 0.717) is 12.1 Å². The zero-order valence-corrected chi connectivity index (χ0v) is 15.4. The van der Waals surface area contributed by atoms with Crippen molar-refractivity contribution in [3.8, 4) is 0 Å². The van der Waals surface area contributed by atoms with Gasteiger partial charge in [0.15, 0.2) is 0 Å². The minimum atomic E-state index is -0.348.